The maximum atomic E-state index is 11.9. The quantitative estimate of drug-likeness (QED) is 0.282. The van der Waals surface area contributed by atoms with Crippen LogP contribution in [-0.4, -0.2) is 49.3 Å². The molecule has 0 unspecified atom stereocenters. The van der Waals surface area contributed by atoms with Gasteiger partial charge in [-0.25, -0.2) is 9.97 Å². The van der Waals surface area contributed by atoms with Gasteiger partial charge in [0.15, 0.2) is 17.1 Å². The van der Waals surface area contributed by atoms with Crippen LogP contribution in [0.25, 0.3) is 11.3 Å². The molecule has 0 aliphatic carbocycles. The Kier molecular flexibility index (Phi) is 6.84. The Morgan fingerprint density at radius 2 is 1.43 bits per heavy atom. The van der Waals surface area contributed by atoms with E-state index in [1.54, 1.807) is 27.4 Å². The number of fused-ring (bicyclic) bond motifs is 2. The fourth-order valence-corrected chi connectivity index (χ4v) is 3.59. The number of carbonyl (C=O) groups is 2. The second-order valence-electron chi connectivity index (χ2n) is 6.59. The highest BCUT2D eigenvalue weighted by Crippen LogP contribution is 2.18. The Labute approximate surface area is 190 Å². The third kappa shape index (κ3) is 4.68. The fraction of sp³-hybridized carbons (Fsp3) is 0.143. The van der Waals surface area contributed by atoms with Crippen molar-refractivity contribution in [1.82, 2.24) is 23.7 Å². The van der Waals surface area contributed by atoms with E-state index in [0.29, 0.717) is 11.4 Å². The monoisotopic (exact) mass is 531 g/mol. The minimum absolute atomic E-state index is 0.0191. The summed E-state index contributed by atoms with van der Waals surface area (Å²) in [5.74, 6) is -0.0464. The average molecular weight is 533 g/mol. The standard InChI is InChI=1S/C12H12BrN3O.C9H7BrN2O/c1-15(2)7-5-11(17)10-8-14-12-9(13)4-3-6-16(10)12;1-6(13)8-5-11-9-7(10)3-2-4-12(8)9/h3-8H,1-2H3;2-5H,1H3/b7-5+;. The summed E-state index contributed by atoms with van der Waals surface area (Å²) in [6.45, 7) is 1.53. The second-order valence-corrected chi connectivity index (χ2v) is 8.29. The van der Waals surface area contributed by atoms with Gasteiger partial charge in [0, 0.05) is 45.7 Å². The minimum Gasteiger partial charge on any atom is -0.383 e. The van der Waals surface area contributed by atoms with Crippen LogP contribution in [0.3, 0.4) is 0 Å². The molecular formula is C21H19Br2N5O2. The first-order chi connectivity index (χ1) is 14.3. The molecule has 0 atom stereocenters. The van der Waals surface area contributed by atoms with Gasteiger partial charge in [0.25, 0.3) is 0 Å². The molecule has 0 fully saturated rings. The van der Waals surface area contributed by atoms with Crippen LogP contribution in [0.1, 0.15) is 27.9 Å². The van der Waals surface area contributed by atoms with Crippen LogP contribution in [0, 0.1) is 0 Å². The smallest absolute Gasteiger partial charge is 0.205 e. The SMILES string of the molecule is CC(=O)c1cnc2c(Br)cccn12.CN(C)/C=C/C(=O)c1cnc2c(Br)cccn12. The second kappa shape index (κ2) is 9.36. The molecule has 154 valence electrons. The molecule has 0 spiro atoms. The number of hydrogen-bond acceptors (Lipinski definition) is 5. The van der Waals surface area contributed by atoms with Crippen molar-refractivity contribution >= 4 is 54.7 Å². The summed E-state index contributed by atoms with van der Waals surface area (Å²) in [4.78, 5) is 33.3. The highest BCUT2D eigenvalue weighted by Gasteiger charge is 2.11. The van der Waals surface area contributed by atoms with Gasteiger partial charge in [-0.05, 0) is 56.1 Å². The van der Waals surface area contributed by atoms with E-state index >= 15 is 0 Å². The van der Waals surface area contributed by atoms with Crippen molar-refractivity contribution in [3.63, 3.8) is 0 Å². The van der Waals surface area contributed by atoms with Gasteiger partial charge in [-0.15, -0.1) is 0 Å². The third-order valence-corrected chi connectivity index (χ3v) is 5.35. The van der Waals surface area contributed by atoms with Crippen molar-refractivity contribution in [3.05, 3.63) is 81.7 Å². The van der Waals surface area contributed by atoms with Crippen LogP contribution in [0.2, 0.25) is 0 Å². The predicted molar refractivity (Wildman–Crippen MR) is 123 cm³/mol. The third-order valence-electron chi connectivity index (χ3n) is 4.11. The van der Waals surface area contributed by atoms with E-state index in [4.69, 9.17) is 0 Å². The summed E-state index contributed by atoms with van der Waals surface area (Å²) in [7, 11) is 3.74. The highest BCUT2D eigenvalue weighted by molar-refractivity contribution is 9.11. The summed E-state index contributed by atoms with van der Waals surface area (Å²) in [6, 6.07) is 7.52. The molecule has 0 aliphatic heterocycles. The first kappa shape index (κ1) is 21.9. The largest absolute Gasteiger partial charge is 0.383 e. The van der Waals surface area contributed by atoms with Crippen LogP contribution < -0.4 is 0 Å². The summed E-state index contributed by atoms with van der Waals surface area (Å²) < 4.78 is 5.30. The normalized spacial score (nSPS) is 11.0. The Morgan fingerprint density at radius 1 is 0.933 bits per heavy atom. The lowest BCUT2D eigenvalue weighted by atomic mass is 10.3. The molecule has 4 aromatic rings. The van der Waals surface area contributed by atoms with E-state index in [-0.39, 0.29) is 11.6 Å². The number of pyridine rings is 2. The number of imidazole rings is 2. The molecule has 4 rings (SSSR count). The van der Waals surface area contributed by atoms with Crippen LogP contribution in [0.4, 0.5) is 0 Å². The molecule has 0 bridgehead atoms. The van der Waals surface area contributed by atoms with Gasteiger partial charge in [-0.3, -0.25) is 18.4 Å². The molecule has 0 amide bonds. The molecule has 9 heteroatoms. The fourth-order valence-electron chi connectivity index (χ4n) is 2.70. The number of ketones is 2. The van der Waals surface area contributed by atoms with Crippen molar-refractivity contribution in [1.29, 1.82) is 0 Å². The van der Waals surface area contributed by atoms with Crippen molar-refractivity contribution in [3.8, 4) is 0 Å². The molecule has 4 aromatic heterocycles. The molecule has 0 aromatic carbocycles. The van der Waals surface area contributed by atoms with Crippen molar-refractivity contribution in [2.24, 2.45) is 0 Å². The highest BCUT2D eigenvalue weighted by atomic mass is 79.9. The van der Waals surface area contributed by atoms with E-state index in [0.717, 1.165) is 20.2 Å². The molecule has 0 N–H and O–H groups in total. The molecular weight excluding hydrogens is 514 g/mol. The molecule has 30 heavy (non-hydrogen) atoms. The maximum Gasteiger partial charge on any atom is 0.205 e. The minimum atomic E-state index is -0.0655. The van der Waals surface area contributed by atoms with Crippen LogP contribution >= 0.6 is 31.9 Å². The molecule has 4 heterocycles. The summed E-state index contributed by atoms with van der Waals surface area (Å²) in [5, 5.41) is 0. The van der Waals surface area contributed by atoms with Crippen molar-refractivity contribution < 1.29 is 9.59 Å². The van der Waals surface area contributed by atoms with Gasteiger partial charge in [0.05, 0.1) is 21.3 Å². The predicted octanol–water partition coefficient (Wildman–Crippen LogP) is 4.65. The molecule has 0 saturated heterocycles. The van der Waals surface area contributed by atoms with Gasteiger partial charge in [0.1, 0.15) is 11.4 Å². The number of rotatable bonds is 4. The van der Waals surface area contributed by atoms with Crippen LogP contribution in [0.15, 0.2) is 70.3 Å². The van der Waals surface area contributed by atoms with Gasteiger partial charge < -0.3 is 4.90 Å². The summed E-state index contributed by atoms with van der Waals surface area (Å²) >= 11 is 6.77. The summed E-state index contributed by atoms with van der Waals surface area (Å²) in [6.07, 6.45) is 10.1. The molecule has 0 aliphatic rings. The first-order valence-electron chi connectivity index (χ1n) is 8.92. The van der Waals surface area contributed by atoms with E-state index < -0.39 is 0 Å². The molecule has 7 nitrogen and oxygen atoms in total. The topological polar surface area (TPSA) is 72.0 Å². The summed E-state index contributed by atoms with van der Waals surface area (Å²) in [5.41, 5.74) is 2.68. The number of Topliss-reactive ketones (excluding diaryl/α,β-unsaturated/α-hetero) is 1. The van der Waals surface area contributed by atoms with Gasteiger partial charge >= 0.3 is 0 Å². The van der Waals surface area contributed by atoms with E-state index in [1.165, 1.54) is 13.0 Å². The Morgan fingerprint density at radius 3 is 1.93 bits per heavy atom. The van der Waals surface area contributed by atoms with Gasteiger partial charge in [-0.1, -0.05) is 0 Å². The Bertz CT molecular complexity index is 1260. The van der Waals surface area contributed by atoms with Gasteiger partial charge in [-0.2, -0.15) is 0 Å². The molecule has 0 saturated carbocycles. The number of allylic oxidation sites excluding steroid dienone is 1. The van der Waals surface area contributed by atoms with Crippen LogP contribution in [-0.2, 0) is 0 Å². The average Bonchev–Trinajstić information content (AvgIpc) is 3.32. The number of hydrogen-bond donors (Lipinski definition) is 0. The van der Waals surface area contributed by atoms with Crippen molar-refractivity contribution in [2.75, 3.05) is 14.1 Å². The lowest BCUT2D eigenvalue weighted by Crippen LogP contribution is -2.04. The zero-order valence-electron chi connectivity index (χ0n) is 16.6. The van der Waals surface area contributed by atoms with E-state index in [1.807, 2.05) is 55.7 Å². The number of aromatic nitrogens is 4. The number of nitrogens with zero attached hydrogens (tertiary/aromatic N) is 5. The lowest BCUT2D eigenvalue weighted by Gasteiger charge is -2.03. The lowest BCUT2D eigenvalue weighted by molar-refractivity contribution is 0.101. The Balaban J connectivity index is 0.000000177. The first-order valence-corrected chi connectivity index (χ1v) is 10.5. The molecule has 0 radical (unpaired) electrons. The number of halogens is 2. The van der Waals surface area contributed by atoms with Crippen LogP contribution in [0.5, 0.6) is 0 Å². The number of carbonyl (C=O) groups excluding carboxylic acids is 2. The maximum absolute atomic E-state index is 11.9. The van der Waals surface area contributed by atoms with Crippen molar-refractivity contribution in [2.45, 2.75) is 6.92 Å². The Hall–Kier alpha value is -2.78. The zero-order valence-corrected chi connectivity index (χ0v) is 19.8. The van der Waals surface area contributed by atoms with E-state index in [2.05, 4.69) is 41.8 Å². The zero-order chi connectivity index (χ0) is 21.8. The van der Waals surface area contributed by atoms with E-state index in [9.17, 15) is 9.59 Å². The van der Waals surface area contributed by atoms with Gasteiger partial charge in [0.2, 0.25) is 5.78 Å².